The number of nitrogens with zero attached hydrogens (tertiary/aromatic N) is 4. The van der Waals surface area contributed by atoms with Crippen LogP contribution in [0.25, 0.3) is 11.4 Å². The molecule has 1 aromatic heterocycles. The number of aromatic nitrogens is 4. The highest BCUT2D eigenvalue weighted by Crippen LogP contribution is 2.34. The second-order valence-electron chi connectivity index (χ2n) is 5.73. The summed E-state index contributed by atoms with van der Waals surface area (Å²) in [6.07, 6.45) is 0. The molecule has 19 heavy (non-hydrogen) atoms. The zero-order chi connectivity index (χ0) is 14.2. The summed E-state index contributed by atoms with van der Waals surface area (Å²) in [6, 6.07) is 5.80. The number of nitrogen functional groups attached to an aromatic ring is 1. The van der Waals surface area contributed by atoms with Gasteiger partial charge in [0.15, 0.2) is 5.82 Å². The molecular formula is C13H18BrN5. The molecule has 0 fully saturated rings. The van der Waals surface area contributed by atoms with Crippen LogP contribution in [0, 0.1) is 5.41 Å². The average Bonchev–Trinajstić information content (AvgIpc) is 2.78. The van der Waals surface area contributed by atoms with Gasteiger partial charge in [0.2, 0.25) is 0 Å². The van der Waals surface area contributed by atoms with Crippen LogP contribution in [0.3, 0.4) is 0 Å². The predicted molar refractivity (Wildman–Crippen MR) is 79.5 cm³/mol. The Morgan fingerprint density at radius 2 is 2.00 bits per heavy atom. The van der Waals surface area contributed by atoms with E-state index in [-0.39, 0.29) is 11.5 Å². The highest BCUT2D eigenvalue weighted by atomic mass is 79.9. The molecule has 0 bridgehead atoms. The number of tetrazole rings is 1. The fourth-order valence-corrected chi connectivity index (χ4v) is 2.14. The molecule has 1 atom stereocenters. The van der Waals surface area contributed by atoms with E-state index in [9.17, 15) is 0 Å². The largest absolute Gasteiger partial charge is 0.399 e. The maximum absolute atomic E-state index is 5.85. The molecule has 6 heteroatoms. The van der Waals surface area contributed by atoms with E-state index in [1.54, 1.807) is 0 Å². The van der Waals surface area contributed by atoms with Crippen LogP contribution in [0.15, 0.2) is 22.7 Å². The van der Waals surface area contributed by atoms with E-state index in [2.05, 4.69) is 59.2 Å². The molecule has 0 radical (unpaired) electrons. The number of hydrogen-bond donors (Lipinski definition) is 1. The van der Waals surface area contributed by atoms with Crippen LogP contribution < -0.4 is 5.73 Å². The van der Waals surface area contributed by atoms with Crippen molar-refractivity contribution in [3.8, 4) is 11.4 Å². The van der Waals surface area contributed by atoms with Crippen LogP contribution in [0.1, 0.15) is 33.7 Å². The lowest BCUT2D eigenvalue weighted by molar-refractivity contribution is 0.243. The van der Waals surface area contributed by atoms with Gasteiger partial charge in [-0.3, -0.25) is 0 Å². The summed E-state index contributed by atoms with van der Waals surface area (Å²) in [5.74, 6) is 0.724. The molecule has 1 unspecified atom stereocenters. The quantitative estimate of drug-likeness (QED) is 0.861. The van der Waals surface area contributed by atoms with Crippen molar-refractivity contribution in [1.29, 1.82) is 0 Å². The Morgan fingerprint density at radius 1 is 1.32 bits per heavy atom. The molecule has 5 nitrogen and oxygen atoms in total. The van der Waals surface area contributed by atoms with E-state index in [0.29, 0.717) is 5.69 Å². The fourth-order valence-electron chi connectivity index (χ4n) is 1.71. The van der Waals surface area contributed by atoms with Gasteiger partial charge in [0.1, 0.15) is 0 Å². The number of rotatable bonds is 2. The van der Waals surface area contributed by atoms with E-state index >= 15 is 0 Å². The van der Waals surface area contributed by atoms with Crippen LogP contribution >= 0.6 is 15.9 Å². The summed E-state index contributed by atoms with van der Waals surface area (Å²) in [5.41, 5.74) is 7.51. The monoisotopic (exact) mass is 323 g/mol. The molecule has 1 aromatic carbocycles. The topological polar surface area (TPSA) is 69.6 Å². The van der Waals surface area contributed by atoms with Crippen LogP contribution in [0.5, 0.6) is 0 Å². The summed E-state index contributed by atoms with van der Waals surface area (Å²) >= 11 is 3.52. The molecule has 1 heterocycles. The van der Waals surface area contributed by atoms with Crippen LogP contribution in [-0.2, 0) is 0 Å². The molecule has 102 valence electrons. The van der Waals surface area contributed by atoms with Crippen molar-refractivity contribution in [2.75, 3.05) is 5.73 Å². The molecular weight excluding hydrogens is 306 g/mol. The first-order valence-corrected chi connectivity index (χ1v) is 6.93. The Hall–Kier alpha value is -1.43. The number of benzene rings is 1. The van der Waals surface area contributed by atoms with Crippen LogP contribution in [0.4, 0.5) is 5.69 Å². The first kappa shape index (κ1) is 14.0. The first-order chi connectivity index (χ1) is 8.80. The molecule has 0 saturated heterocycles. The second-order valence-corrected chi connectivity index (χ2v) is 6.58. The summed E-state index contributed by atoms with van der Waals surface area (Å²) in [4.78, 5) is 0. The molecule has 2 aromatic rings. The van der Waals surface area contributed by atoms with E-state index in [1.807, 2.05) is 22.9 Å². The van der Waals surface area contributed by atoms with Gasteiger partial charge in [-0.25, -0.2) is 4.68 Å². The minimum Gasteiger partial charge on any atom is -0.399 e. The molecule has 0 aliphatic rings. The van der Waals surface area contributed by atoms with Crippen molar-refractivity contribution in [3.05, 3.63) is 22.7 Å². The van der Waals surface area contributed by atoms with Crippen molar-refractivity contribution in [2.45, 2.75) is 33.7 Å². The van der Waals surface area contributed by atoms with E-state index in [4.69, 9.17) is 5.73 Å². The van der Waals surface area contributed by atoms with Crippen LogP contribution in [-0.4, -0.2) is 20.2 Å². The lowest BCUT2D eigenvalue weighted by Gasteiger charge is -2.27. The minimum atomic E-state index is 0.0664. The summed E-state index contributed by atoms with van der Waals surface area (Å²) in [5, 5.41) is 12.1. The third-order valence-electron chi connectivity index (χ3n) is 3.34. The van der Waals surface area contributed by atoms with Gasteiger partial charge in [-0.2, -0.15) is 0 Å². The molecule has 0 aliphatic carbocycles. The number of nitrogens with two attached hydrogens (primary N) is 1. The molecule has 2 rings (SSSR count). The summed E-state index contributed by atoms with van der Waals surface area (Å²) < 4.78 is 2.78. The van der Waals surface area contributed by atoms with Crippen molar-refractivity contribution in [3.63, 3.8) is 0 Å². The zero-order valence-corrected chi connectivity index (χ0v) is 13.1. The standard InChI is InChI=1S/C13H18BrN5/c1-8(13(2,3)4)19-12(16-17-18-19)10-7-9(15)5-6-11(10)14/h5-8H,15H2,1-4H3. The Kier molecular flexibility index (Phi) is 3.62. The fraction of sp³-hybridized carbons (Fsp3) is 0.462. The van der Waals surface area contributed by atoms with Crippen molar-refractivity contribution in [2.24, 2.45) is 5.41 Å². The Morgan fingerprint density at radius 3 is 2.63 bits per heavy atom. The smallest absolute Gasteiger partial charge is 0.183 e. The van der Waals surface area contributed by atoms with Gasteiger partial charge >= 0.3 is 0 Å². The van der Waals surface area contributed by atoms with Crippen molar-refractivity contribution in [1.82, 2.24) is 20.2 Å². The molecule has 0 amide bonds. The number of halogens is 1. The molecule has 0 spiro atoms. The third-order valence-corrected chi connectivity index (χ3v) is 4.04. The maximum Gasteiger partial charge on any atom is 0.183 e. The lowest BCUT2D eigenvalue weighted by Crippen LogP contribution is -2.23. The van der Waals surface area contributed by atoms with Crippen LogP contribution in [0.2, 0.25) is 0 Å². The van der Waals surface area contributed by atoms with Gasteiger partial charge < -0.3 is 5.73 Å². The van der Waals surface area contributed by atoms with Gasteiger partial charge in [0, 0.05) is 15.7 Å². The Bertz CT molecular complexity index is 585. The Balaban J connectivity index is 2.53. The van der Waals surface area contributed by atoms with Gasteiger partial charge in [-0.1, -0.05) is 36.7 Å². The summed E-state index contributed by atoms with van der Waals surface area (Å²) in [6.45, 7) is 8.60. The van der Waals surface area contributed by atoms with Gasteiger partial charge in [0.05, 0.1) is 6.04 Å². The SMILES string of the molecule is CC(n1nnnc1-c1cc(N)ccc1Br)C(C)(C)C. The predicted octanol–water partition coefficient (Wildman–Crippen LogP) is 3.29. The molecule has 2 N–H and O–H groups in total. The van der Waals surface area contributed by atoms with Crippen molar-refractivity contribution >= 4 is 21.6 Å². The Labute approximate surface area is 121 Å². The number of anilines is 1. The number of hydrogen-bond acceptors (Lipinski definition) is 4. The minimum absolute atomic E-state index is 0.0664. The average molecular weight is 324 g/mol. The maximum atomic E-state index is 5.85. The highest BCUT2D eigenvalue weighted by Gasteiger charge is 2.26. The van der Waals surface area contributed by atoms with E-state index in [1.165, 1.54) is 0 Å². The molecule has 0 aliphatic heterocycles. The van der Waals surface area contributed by atoms with E-state index in [0.717, 1.165) is 15.9 Å². The third kappa shape index (κ3) is 2.78. The first-order valence-electron chi connectivity index (χ1n) is 6.14. The van der Waals surface area contributed by atoms with Crippen molar-refractivity contribution < 1.29 is 0 Å². The van der Waals surface area contributed by atoms with E-state index < -0.39 is 0 Å². The summed E-state index contributed by atoms with van der Waals surface area (Å²) in [7, 11) is 0. The second kappa shape index (κ2) is 4.92. The van der Waals surface area contributed by atoms with Gasteiger partial charge in [-0.05, 0) is 41.0 Å². The normalized spacial score (nSPS) is 13.5. The lowest BCUT2D eigenvalue weighted by atomic mass is 9.88. The van der Waals surface area contributed by atoms with Gasteiger partial charge in [0.25, 0.3) is 0 Å². The zero-order valence-electron chi connectivity index (χ0n) is 11.6. The highest BCUT2D eigenvalue weighted by molar-refractivity contribution is 9.10. The van der Waals surface area contributed by atoms with Gasteiger partial charge in [-0.15, -0.1) is 5.10 Å². The molecule has 0 saturated carbocycles.